The van der Waals surface area contributed by atoms with Gasteiger partial charge in [-0.05, 0) is 78.8 Å². The number of hydrogen-bond acceptors (Lipinski definition) is 5. The molecule has 0 aromatic heterocycles. The van der Waals surface area contributed by atoms with E-state index >= 15 is 0 Å². The Hall–Kier alpha value is -3.06. The molecule has 0 radical (unpaired) electrons. The summed E-state index contributed by atoms with van der Waals surface area (Å²) in [5.41, 5.74) is 4.19. The molecule has 3 aromatic rings. The van der Waals surface area contributed by atoms with Crippen molar-refractivity contribution in [2.45, 2.75) is 44.8 Å². The highest BCUT2D eigenvalue weighted by Gasteiger charge is 2.20. The summed E-state index contributed by atoms with van der Waals surface area (Å²) < 4.78 is 6.08. The van der Waals surface area contributed by atoms with Gasteiger partial charge in [0.1, 0.15) is 11.5 Å². The second-order valence-corrected chi connectivity index (χ2v) is 9.37. The number of aliphatic hydroxyl groups is 1. The molecule has 3 aromatic carbocycles. The fourth-order valence-corrected chi connectivity index (χ4v) is 4.57. The number of rotatable bonds is 10. The second kappa shape index (κ2) is 11.6. The lowest BCUT2D eigenvalue weighted by atomic mass is 9.88. The Morgan fingerprint density at radius 3 is 2.74 bits per heavy atom. The van der Waals surface area contributed by atoms with E-state index in [0.717, 1.165) is 43.5 Å². The van der Waals surface area contributed by atoms with Gasteiger partial charge in [0.05, 0.1) is 11.7 Å². The van der Waals surface area contributed by atoms with Crippen molar-refractivity contribution in [2.24, 2.45) is 0 Å². The van der Waals surface area contributed by atoms with Gasteiger partial charge in [0, 0.05) is 35.9 Å². The van der Waals surface area contributed by atoms with Crippen molar-refractivity contribution >= 4 is 23.3 Å². The SMILES string of the molecule is CCCNc1cc(Oc2ccc3c(c2)C[C@@H](NC[C@@H](O)c2cccc(Cl)c2)CC3)cc(C(=O)O)c1. The molecular formula is C28H31ClN2O4. The maximum absolute atomic E-state index is 11.6. The first-order chi connectivity index (χ1) is 16.9. The molecule has 4 rings (SSSR count). The van der Waals surface area contributed by atoms with Crippen molar-refractivity contribution < 1.29 is 19.7 Å². The third-order valence-corrected chi connectivity index (χ3v) is 6.44. The van der Waals surface area contributed by atoms with Crippen LogP contribution in [0.15, 0.2) is 60.7 Å². The summed E-state index contributed by atoms with van der Waals surface area (Å²) in [5, 5.41) is 27.3. The highest BCUT2D eigenvalue weighted by Crippen LogP contribution is 2.31. The Bertz CT molecular complexity index is 1180. The van der Waals surface area contributed by atoms with Gasteiger partial charge in [0.25, 0.3) is 0 Å². The van der Waals surface area contributed by atoms with Crippen LogP contribution in [0.5, 0.6) is 11.5 Å². The summed E-state index contributed by atoms with van der Waals surface area (Å²) in [6, 6.07) is 18.6. The van der Waals surface area contributed by atoms with Crippen LogP contribution in [0, 0.1) is 0 Å². The highest BCUT2D eigenvalue weighted by atomic mass is 35.5. The Kier molecular flexibility index (Phi) is 8.29. The van der Waals surface area contributed by atoms with Crippen LogP contribution in [0.1, 0.15) is 52.9 Å². The van der Waals surface area contributed by atoms with Gasteiger partial charge in [-0.3, -0.25) is 0 Å². The third-order valence-electron chi connectivity index (χ3n) is 6.21. The van der Waals surface area contributed by atoms with E-state index in [1.54, 1.807) is 24.3 Å². The van der Waals surface area contributed by atoms with Crippen molar-refractivity contribution in [2.75, 3.05) is 18.4 Å². The van der Waals surface area contributed by atoms with Crippen molar-refractivity contribution in [3.05, 3.63) is 87.9 Å². The molecule has 6 nitrogen and oxygen atoms in total. The van der Waals surface area contributed by atoms with E-state index < -0.39 is 12.1 Å². The lowest BCUT2D eigenvalue weighted by molar-refractivity contribution is 0.0696. The second-order valence-electron chi connectivity index (χ2n) is 8.93. The number of ether oxygens (including phenoxy) is 1. The molecule has 184 valence electrons. The van der Waals surface area contributed by atoms with Crippen LogP contribution in [0.4, 0.5) is 5.69 Å². The average Bonchev–Trinajstić information content (AvgIpc) is 2.85. The first-order valence-electron chi connectivity index (χ1n) is 12.0. The lowest BCUT2D eigenvalue weighted by Gasteiger charge is -2.27. The maximum atomic E-state index is 11.6. The largest absolute Gasteiger partial charge is 0.478 e. The van der Waals surface area contributed by atoms with Gasteiger partial charge in [0.2, 0.25) is 0 Å². The molecule has 2 atom stereocenters. The van der Waals surface area contributed by atoms with Gasteiger partial charge in [-0.1, -0.05) is 36.7 Å². The van der Waals surface area contributed by atoms with Crippen LogP contribution in [-0.4, -0.2) is 35.3 Å². The fraction of sp³-hybridized carbons (Fsp3) is 0.321. The topological polar surface area (TPSA) is 90.8 Å². The number of hydrogen-bond donors (Lipinski definition) is 4. The molecule has 0 amide bonds. The van der Waals surface area contributed by atoms with E-state index in [9.17, 15) is 15.0 Å². The summed E-state index contributed by atoms with van der Waals surface area (Å²) in [6.45, 7) is 3.26. The van der Waals surface area contributed by atoms with E-state index in [1.165, 1.54) is 11.1 Å². The smallest absolute Gasteiger partial charge is 0.335 e. The van der Waals surface area contributed by atoms with Gasteiger partial charge in [-0.25, -0.2) is 4.79 Å². The van der Waals surface area contributed by atoms with Crippen LogP contribution in [0.25, 0.3) is 0 Å². The van der Waals surface area contributed by atoms with Gasteiger partial charge in [-0.15, -0.1) is 0 Å². The predicted molar refractivity (Wildman–Crippen MR) is 139 cm³/mol. The fourth-order valence-electron chi connectivity index (χ4n) is 4.37. The summed E-state index contributed by atoms with van der Waals surface area (Å²) in [7, 11) is 0. The molecule has 0 spiro atoms. The first-order valence-corrected chi connectivity index (χ1v) is 12.4. The molecule has 7 heteroatoms. The summed E-state index contributed by atoms with van der Waals surface area (Å²) >= 11 is 6.05. The molecule has 0 fully saturated rings. The van der Waals surface area contributed by atoms with Crippen LogP contribution < -0.4 is 15.4 Å². The third kappa shape index (κ3) is 6.75. The number of aromatic carboxylic acids is 1. The van der Waals surface area contributed by atoms with Crippen LogP contribution >= 0.6 is 11.6 Å². The number of aliphatic hydroxyl groups excluding tert-OH is 1. The van der Waals surface area contributed by atoms with E-state index in [-0.39, 0.29) is 11.6 Å². The minimum atomic E-state index is -0.991. The monoisotopic (exact) mass is 494 g/mol. The Labute approximate surface area is 210 Å². The number of carboxylic acid groups (broad SMARTS) is 1. The Balaban J connectivity index is 1.42. The molecule has 4 N–H and O–H groups in total. The van der Waals surface area contributed by atoms with Gasteiger partial charge < -0.3 is 25.6 Å². The number of fused-ring (bicyclic) bond motifs is 1. The average molecular weight is 495 g/mol. The van der Waals surface area contributed by atoms with Crippen LogP contribution in [0.3, 0.4) is 0 Å². The molecule has 1 aliphatic carbocycles. The Morgan fingerprint density at radius 1 is 1.11 bits per heavy atom. The number of aryl methyl sites for hydroxylation is 1. The quantitative estimate of drug-likeness (QED) is 0.283. The zero-order chi connectivity index (χ0) is 24.8. The van der Waals surface area contributed by atoms with Crippen LogP contribution in [0.2, 0.25) is 5.02 Å². The van der Waals surface area contributed by atoms with Crippen molar-refractivity contribution in [1.29, 1.82) is 0 Å². The minimum Gasteiger partial charge on any atom is -0.478 e. The van der Waals surface area contributed by atoms with E-state index in [1.807, 2.05) is 30.3 Å². The zero-order valence-corrected chi connectivity index (χ0v) is 20.5. The number of halogens is 1. The van der Waals surface area contributed by atoms with Crippen molar-refractivity contribution in [3.63, 3.8) is 0 Å². The maximum Gasteiger partial charge on any atom is 0.335 e. The molecular weight excluding hydrogens is 464 g/mol. The predicted octanol–water partition coefficient (Wildman–Crippen LogP) is 5.83. The lowest BCUT2D eigenvalue weighted by Crippen LogP contribution is -2.37. The normalized spacial score (nSPS) is 15.8. The molecule has 0 heterocycles. The van der Waals surface area contributed by atoms with Crippen LogP contribution in [-0.2, 0) is 12.8 Å². The Morgan fingerprint density at radius 2 is 1.97 bits per heavy atom. The molecule has 1 aliphatic rings. The zero-order valence-electron chi connectivity index (χ0n) is 19.8. The number of benzene rings is 3. The number of carbonyl (C=O) groups is 1. The molecule has 0 aliphatic heterocycles. The van der Waals surface area contributed by atoms with Crippen molar-refractivity contribution in [3.8, 4) is 11.5 Å². The van der Waals surface area contributed by atoms with E-state index in [2.05, 4.69) is 23.6 Å². The number of carboxylic acids is 1. The number of anilines is 1. The molecule has 0 saturated carbocycles. The molecule has 0 unspecified atom stereocenters. The van der Waals surface area contributed by atoms with E-state index in [0.29, 0.717) is 23.1 Å². The van der Waals surface area contributed by atoms with E-state index in [4.69, 9.17) is 16.3 Å². The first kappa shape index (κ1) is 25.0. The van der Waals surface area contributed by atoms with Gasteiger partial charge >= 0.3 is 5.97 Å². The molecule has 35 heavy (non-hydrogen) atoms. The summed E-state index contributed by atoms with van der Waals surface area (Å²) in [6.07, 6.45) is 3.07. The summed E-state index contributed by atoms with van der Waals surface area (Å²) in [5.74, 6) is 0.167. The highest BCUT2D eigenvalue weighted by molar-refractivity contribution is 6.30. The van der Waals surface area contributed by atoms with Crippen molar-refractivity contribution in [1.82, 2.24) is 5.32 Å². The summed E-state index contributed by atoms with van der Waals surface area (Å²) in [4.78, 5) is 11.6. The van der Waals surface area contributed by atoms with Gasteiger partial charge in [-0.2, -0.15) is 0 Å². The van der Waals surface area contributed by atoms with Gasteiger partial charge in [0.15, 0.2) is 0 Å². The standard InChI is InChI=1S/C28H31ClN2O4/c1-2-10-30-24-13-21(28(33)34)15-26(16-24)35-25-9-7-18-6-8-23(12-20(18)14-25)31-17-27(32)19-4-3-5-22(29)11-19/h3-5,7,9,11,13-16,23,27,30-32H,2,6,8,10,12,17H2,1H3,(H,33,34)/t23-,27+/m0/s1. The minimum absolute atomic E-state index is 0.182. The molecule has 0 bridgehead atoms. The number of nitrogens with one attached hydrogen (secondary N) is 2. The molecule has 0 saturated heterocycles.